The fourth-order valence-corrected chi connectivity index (χ4v) is 1.88. The Bertz CT molecular complexity index is 385. The van der Waals surface area contributed by atoms with Crippen LogP contribution in [0.4, 0.5) is 0 Å². The topological polar surface area (TPSA) is 69.0 Å². The van der Waals surface area contributed by atoms with E-state index in [1.54, 1.807) is 4.80 Å². The highest BCUT2D eigenvalue weighted by atomic mass is 16.5. The maximum atomic E-state index is 11.8. The molecule has 1 saturated heterocycles. The number of hydrogen-bond donors (Lipinski definition) is 1. The van der Waals surface area contributed by atoms with Gasteiger partial charge >= 0.3 is 0 Å². The van der Waals surface area contributed by atoms with Crippen molar-refractivity contribution in [2.45, 2.75) is 32.7 Å². The Morgan fingerprint density at radius 2 is 2.56 bits per heavy atom. The van der Waals surface area contributed by atoms with Gasteiger partial charge in [-0.15, -0.1) is 5.10 Å². The molecule has 1 aromatic rings. The van der Waals surface area contributed by atoms with E-state index in [-0.39, 0.29) is 5.91 Å². The number of nitrogens with one attached hydrogen (secondary N) is 1. The Morgan fingerprint density at radius 3 is 3.28 bits per heavy atom. The molecular formula is C12H20N4O2. The lowest BCUT2D eigenvalue weighted by Gasteiger charge is -2.07. The van der Waals surface area contributed by atoms with Gasteiger partial charge in [-0.05, 0) is 12.8 Å². The first kappa shape index (κ1) is 13.0. The van der Waals surface area contributed by atoms with Crippen molar-refractivity contribution >= 4 is 5.91 Å². The zero-order valence-corrected chi connectivity index (χ0v) is 10.8. The summed E-state index contributed by atoms with van der Waals surface area (Å²) in [7, 11) is 0. The van der Waals surface area contributed by atoms with Crippen LogP contribution in [0.15, 0.2) is 6.20 Å². The molecule has 2 rings (SSSR count). The minimum Gasteiger partial charge on any atom is -0.381 e. The summed E-state index contributed by atoms with van der Waals surface area (Å²) >= 11 is 0. The molecule has 0 aromatic carbocycles. The van der Waals surface area contributed by atoms with Crippen LogP contribution in [-0.2, 0) is 11.3 Å². The smallest absolute Gasteiger partial charge is 0.273 e. The molecule has 1 aromatic heterocycles. The van der Waals surface area contributed by atoms with Crippen molar-refractivity contribution in [1.29, 1.82) is 0 Å². The van der Waals surface area contributed by atoms with Crippen LogP contribution in [0.1, 0.15) is 36.7 Å². The van der Waals surface area contributed by atoms with E-state index >= 15 is 0 Å². The monoisotopic (exact) mass is 252 g/mol. The summed E-state index contributed by atoms with van der Waals surface area (Å²) in [6.07, 6.45) is 4.65. The standard InChI is InChI=1S/C12H20N4O2/c1-2-3-5-16-14-8-11(15-16)12(17)13-7-10-4-6-18-9-10/h8,10H,2-7,9H2,1H3,(H,13,17). The van der Waals surface area contributed by atoms with Gasteiger partial charge in [0.25, 0.3) is 5.91 Å². The fourth-order valence-electron chi connectivity index (χ4n) is 1.88. The second kappa shape index (κ2) is 6.49. The van der Waals surface area contributed by atoms with Crippen molar-refractivity contribution < 1.29 is 9.53 Å². The molecule has 1 atom stereocenters. The summed E-state index contributed by atoms with van der Waals surface area (Å²) in [5.74, 6) is 0.286. The molecule has 0 radical (unpaired) electrons. The second-order valence-electron chi connectivity index (χ2n) is 4.62. The second-order valence-corrected chi connectivity index (χ2v) is 4.62. The average molecular weight is 252 g/mol. The van der Waals surface area contributed by atoms with E-state index in [1.165, 1.54) is 6.20 Å². The molecule has 1 unspecified atom stereocenters. The Balaban J connectivity index is 1.78. The summed E-state index contributed by atoms with van der Waals surface area (Å²) < 4.78 is 5.26. The molecule has 1 fully saturated rings. The minimum absolute atomic E-state index is 0.148. The van der Waals surface area contributed by atoms with Crippen LogP contribution >= 0.6 is 0 Å². The Kier molecular flexibility index (Phi) is 4.69. The van der Waals surface area contributed by atoms with Crippen molar-refractivity contribution in [3.8, 4) is 0 Å². The largest absolute Gasteiger partial charge is 0.381 e. The third-order valence-electron chi connectivity index (χ3n) is 3.06. The summed E-state index contributed by atoms with van der Waals surface area (Å²) in [5.41, 5.74) is 0.394. The lowest BCUT2D eigenvalue weighted by Crippen LogP contribution is -2.29. The first-order chi connectivity index (χ1) is 8.79. The van der Waals surface area contributed by atoms with E-state index in [9.17, 15) is 4.79 Å². The lowest BCUT2D eigenvalue weighted by molar-refractivity contribution is 0.0939. The number of nitrogens with zero attached hydrogens (tertiary/aromatic N) is 3. The highest BCUT2D eigenvalue weighted by molar-refractivity contribution is 5.91. The highest BCUT2D eigenvalue weighted by Gasteiger charge is 2.17. The Hall–Kier alpha value is -1.43. The molecule has 6 nitrogen and oxygen atoms in total. The van der Waals surface area contributed by atoms with Crippen LogP contribution in [-0.4, -0.2) is 40.7 Å². The fraction of sp³-hybridized carbons (Fsp3) is 0.750. The Morgan fingerprint density at radius 1 is 1.67 bits per heavy atom. The lowest BCUT2D eigenvalue weighted by atomic mass is 10.1. The molecule has 0 saturated carbocycles. The SMILES string of the molecule is CCCCn1ncc(C(=O)NCC2CCOC2)n1. The number of ether oxygens (including phenoxy) is 1. The predicted molar refractivity (Wildman–Crippen MR) is 66.2 cm³/mol. The van der Waals surface area contributed by atoms with E-state index in [0.29, 0.717) is 18.2 Å². The molecule has 0 spiro atoms. The number of rotatable bonds is 6. The Labute approximate surface area is 107 Å². The number of unbranched alkanes of at least 4 members (excludes halogenated alkanes) is 1. The molecule has 2 heterocycles. The van der Waals surface area contributed by atoms with Crippen LogP contribution in [0, 0.1) is 5.92 Å². The normalized spacial score (nSPS) is 19.1. The third kappa shape index (κ3) is 3.53. The number of aryl methyl sites for hydroxylation is 1. The molecule has 100 valence electrons. The first-order valence-electron chi connectivity index (χ1n) is 6.55. The number of amides is 1. The first-order valence-corrected chi connectivity index (χ1v) is 6.55. The van der Waals surface area contributed by atoms with Crippen LogP contribution in [0.25, 0.3) is 0 Å². The van der Waals surface area contributed by atoms with Gasteiger partial charge < -0.3 is 10.1 Å². The summed E-state index contributed by atoms with van der Waals surface area (Å²) in [6, 6.07) is 0. The molecule has 1 aliphatic rings. The number of carbonyl (C=O) groups excluding carboxylic acids is 1. The third-order valence-corrected chi connectivity index (χ3v) is 3.06. The van der Waals surface area contributed by atoms with Crippen LogP contribution < -0.4 is 5.32 Å². The zero-order chi connectivity index (χ0) is 12.8. The van der Waals surface area contributed by atoms with Gasteiger partial charge in [-0.2, -0.15) is 9.90 Å². The van der Waals surface area contributed by atoms with Gasteiger partial charge in [0, 0.05) is 19.1 Å². The molecule has 0 aliphatic carbocycles. The summed E-state index contributed by atoms with van der Waals surface area (Å²) in [6.45, 7) is 5.07. The molecule has 18 heavy (non-hydrogen) atoms. The van der Waals surface area contributed by atoms with Crippen molar-refractivity contribution in [3.05, 3.63) is 11.9 Å². The van der Waals surface area contributed by atoms with Gasteiger partial charge in [-0.25, -0.2) is 0 Å². The van der Waals surface area contributed by atoms with Crippen molar-refractivity contribution in [2.24, 2.45) is 5.92 Å². The number of hydrogen-bond acceptors (Lipinski definition) is 4. The van der Waals surface area contributed by atoms with E-state index in [4.69, 9.17) is 4.74 Å². The highest BCUT2D eigenvalue weighted by Crippen LogP contribution is 2.10. The van der Waals surface area contributed by atoms with E-state index in [1.807, 2.05) is 0 Å². The van der Waals surface area contributed by atoms with Crippen LogP contribution in [0.5, 0.6) is 0 Å². The van der Waals surface area contributed by atoms with Gasteiger partial charge in [-0.3, -0.25) is 4.79 Å². The number of aromatic nitrogens is 3. The summed E-state index contributed by atoms with van der Waals surface area (Å²) in [4.78, 5) is 13.4. The van der Waals surface area contributed by atoms with Gasteiger partial charge in [0.1, 0.15) is 0 Å². The van der Waals surface area contributed by atoms with Crippen LogP contribution in [0.2, 0.25) is 0 Å². The average Bonchev–Trinajstić information content (AvgIpc) is 3.04. The zero-order valence-electron chi connectivity index (χ0n) is 10.8. The van der Waals surface area contributed by atoms with E-state index in [0.717, 1.165) is 39.0 Å². The van der Waals surface area contributed by atoms with Crippen LogP contribution in [0.3, 0.4) is 0 Å². The number of carbonyl (C=O) groups is 1. The van der Waals surface area contributed by atoms with Gasteiger partial charge in [-0.1, -0.05) is 13.3 Å². The summed E-state index contributed by atoms with van der Waals surface area (Å²) in [5, 5.41) is 11.1. The molecule has 6 heteroatoms. The van der Waals surface area contributed by atoms with Gasteiger partial charge in [0.05, 0.1) is 19.3 Å². The minimum atomic E-state index is -0.148. The predicted octanol–water partition coefficient (Wildman–Crippen LogP) is 0.845. The molecule has 1 amide bonds. The quantitative estimate of drug-likeness (QED) is 0.814. The maximum absolute atomic E-state index is 11.8. The molecular weight excluding hydrogens is 232 g/mol. The molecule has 0 bridgehead atoms. The molecule has 1 aliphatic heterocycles. The molecule has 1 N–H and O–H groups in total. The van der Waals surface area contributed by atoms with Crippen molar-refractivity contribution in [2.75, 3.05) is 19.8 Å². The van der Waals surface area contributed by atoms with Gasteiger partial charge in [0.15, 0.2) is 5.69 Å². The van der Waals surface area contributed by atoms with Gasteiger partial charge in [0.2, 0.25) is 0 Å². The van der Waals surface area contributed by atoms with Crippen molar-refractivity contribution in [1.82, 2.24) is 20.3 Å². The maximum Gasteiger partial charge on any atom is 0.273 e. The van der Waals surface area contributed by atoms with E-state index in [2.05, 4.69) is 22.4 Å². The van der Waals surface area contributed by atoms with Crippen molar-refractivity contribution in [3.63, 3.8) is 0 Å². The van der Waals surface area contributed by atoms with E-state index < -0.39 is 0 Å².